The van der Waals surface area contributed by atoms with E-state index in [0.717, 1.165) is 6.42 Å². The maximum atomic E-state index is 12.2. The van der Waals surface area contributed by atoms with E-state index < -0.39 is 0 Å². The summed E-state index contributed by atoms with van der Waals surface area (Å²) in [5.41, 5.74) is 1.85. The zero-order valence-corrected chi connectivity index (χ0v) is 12.6. The third kappa shape index (κ3) is 3.64. The number of methoxy groups -OCH3 is 1. The second-order valence-electron chi connectivity index (χ2n) is 4.47. The molecule has 0 unspecified atom stereocenters. The number of rotatable bonds is 6. The maximum absolute atomic E-state index is 12.2. The monoisotopic (exact) mass is 286 g/mol. The van der Waals surface area contributed by atoms with Crippen molar-refractivity contribution in [3.8, 4) is 5.75 Å². The lowest BCUT2D eigenvalue weighted by molar-refractivity contribution is 0.0980. The average Bonchev–Trinajstić information content (AvgIpc) is 2.53. The number of carbonyl (C=O) groups excluding carboxylic acids is 1. The van der Waals surface area contributed by atoms with Crippen LogP contribution >= 0.6 is 11.8 Å². The second kappa shape index (κ2) is 7.15. The first-order valence-corrected chi connectivity index (χ1v) is 7.76. The molecule has 0 heterocycles. The highest BCUT2D eigenvalue weighted by molar-refractivity contribution is 7.98. The molecule has 2 rings (SSSR count). The smallest absolute Gasteiger partial charge is 0.166 e. The molecule has 0 spiro atoms. The van der Waals surface area contributed by atoms with Gasteiger partial charge in [-0.2, -0.15) is 0 Å². The van der Waals surface area contributed by atoms with Gasteiger partial charge in [-0.15, -0.1) is 11.8 Å². The summed E-state index contributed by atoms with van der Waals surface area (Å²) in [6.07, 6.45) is 3.31. The molecular weight excluding hydrogens is 268 g/mol. The first kappa shape index (κ1) is 14.7. The van der Waals surface area contributed by atoms with E-state index in [0.29, 0.717) is 17.7 Å². The van der Waals surface area contributed by atoms with Gasteiger partial charge in [0.25, 0.3) is 0 Å². The largest absolute Gasteiger partial charge is 0.496 e. The molecule has 0 aliphatic heterocycles. The van der Waals surface area contributed by atoms with Gasteiger partial charge in [0.05, 0.1) is 12.7 Å². The number of benzene rings is 2. The van der Waals surface area contributed by atoms with Gasteiger partial charge in [0.1, 0.15) is 5.75 Å². The molecular formula is C17H18O2S. The van der Waals surface area contributed by atoms with E-state index in [2.05, 4.69) is 30.5 Å². The lowest BCUT2D eigenvalue weighted by Gasteiger charge is -2.07. The maximum Gasteiger partial charge on any atom is 0.166 e. The Balaban J connectivity index is 2.01. The molecule has 0 atom stereocenters. The molecule has 2 aromatic rings. The van der Waals surface area contributed by atoms with Crippen LogP contribution in [-0.2, 0) is 6.42 Å². The fourth-order valence-electron chi connectivity index (χ4n) is 2.06. The highest BCUT2D eigenvalue weighted by atomic mass is 32.2. The van der Waals surface area contributed by atoms with Gasteiger partial charge in [-0.05, 0) is 42.5 Å². The topological polar surface area (TPSA) is 26.3 Å². The molecule has 0 amide bonds. The molecule has 3 heteroatoms. The Bertz CT molecular complexity index is 576. The molecule has 0 aliphatic carbocycles. The van der Waals surface area contributed by atoms with Gasteiger partial charge < -0.3 is 4.74 Å². The van der Waals surface area contributed by atoms with Crippen molar-refractivity contribution in [1.82, 2.24) is 0 Å². The van der Waals surface area contributed by atoms with Crippen LogP contribution in [-0.4, -0.2) is 19.1 Å². The minimum Gasteiger partial charge on any atom is -0.496 e. The second-order valence-corrected chi connectivity index (χ2v) is 5.35. The Kier molecular flexibility index (Phi) is 5.24. The van der Waals surface area contributed by atoms with Gasteiger partial charge in [-0.1, -0.05) is 24.3 Å². The summed E-state index contributed by atoms with van der Waals surface area (Å²) in [6, 6.07) is 15.7. The Morgan fingerprint density at radius 3 is 2.45 bits per heavy atom. The average molecular weight is 286 g/mol. The van der Waals surface area contributed by atoms with Crippen LogP contribution in [0.15, 0.2) is 53.4 Å². The molecule has 2 nitrogen and oxygen atoms in total. The van der Waals surface area contributed by atoms with Gasteiger partial charge in [-0.25, -0.2) is 0 Å². The van der Waals surface area contributed by atoms with Crippen LogP contribution in [0.2, 0.25) is 0 Å². The summed E-state index contributed by atoms with van der Waals surface area (Å²) in [4.78, 5) is 13.5. The first-order chi connectivity index (χ1) is 9.74. The van der Waals surface area contributed by atoms with Crippen molar-refractivity contribution < 1.29 is 9.53 Å². The number of ketones is 1. The summed E-state index contributed by atoms with van der Waals surface area (Å²) in [7, 11) is 1.59. The minimum atomic E-state index is 0.122. The molecule has 2 aromatic carbocycles. The van der Waals surface area contributed by atoms with E-state index in [1.165, 1.54) is 10.5 Å². The molecule has 0 saturated heterocycles. The molecule has 0 bridgehead atoms. The summed E-state index contributed by atoms with van der Waals surface area (Å²) < 4.78 is 5.23. The molecule has 0 aromatic heterocycles. The normalized spacial score (nSPS) is 10.3. The van der Waals surface area contributed by atoms with E-state index in [9.17, 15) is 4.79 Å². The fraction of sp³-hybridized carbons (Fsp3) is 0.235. The van der Waals surface area contributed by atoms with Crippen molar-refractivity contribution in [1.29, 1.82) is 0 Å². The molecule has 0 N–H and O–H groups in total. The minimum absolute atomic E-state index is 0.122. The number of aryl methyl sites for hydroxylation is 1. The third-order valence-electron chi connectivity index (χ3n) is 3.21. The number of thioether (sulfide) groups is 1. The predicted molar refractivity (Wildman–Crippen MR) is 83.9 cm³/mol. The number of hydrogen-bond donors (Lipinski definition) is 0. The lowest BCUT2D eigenvalue weighted by atomic mass is 10.0. The number of hydrogen-bond acceptors (Lipinski definition) is 3. The molecule has 20 heavy (non-hydrogen) atoms. The van der Waals surface area contributed by atoms with E-state index in [1.807, 2.05) is 24.3 Å². The Labute approximate surface area is 124 Å². The van der Waals surface area contributed by atoms with Crippen molar-refractivity contribution in [3.05, 3.63) is 59.7 Å². The quantitative estimate of drug-likeness (QED) is 0.587. The molecule has 0 saturated carbocycles. The van der Waals surface area contributed by atoms with Crippen molar-refractivity contribution in [2.24, 2.45) is 0 Å². The van der Waals surface area contributed by atoms with Gasteiger partial charge in [0.15, 0.2) is 5.78 Å². The van der Waals surface area contributed by atoms with E-state index in [1.54, 1.807) is 18.9 Å². The van der Waals surface area contributed by atoms with E-state index in [-0.39, 0.29) is 5.78 Å². The lowest BCUT2D eigenvalue weighted by Crippen LogP contribution is -2.03. The van der Waals surface area contributed by atoms with Crippen molar-refractivity contribution in [2.45, 2.75) is 17.7 Å². The molecule has 0 aliphatic rings. The standard InChI is InChI=1S/C17H18O2S/c1-19-17-6-4-3-5-15(17)16(18)12-9-13-7-10-14(20-2)11-8-13/h3-8,10-11H,9,12H2,1-2H3. The Morgan fingerprint density at radius 1 is 1.10 bits per heavy atom. The van der Waals surface area contributed by atoms with Gasteiger partial charge >= 0.3 is 0 Å². The zero-order chi connectivity index (χ0) is 14.4. The fourth-order valence-corrected chi connectivity index (χ4v) is 2.47. The summed E-state index contributed by atoms with van der Waals surface area (Å²) in [5.74, 6) is 0.770. The van der Waals surface area contributed by atoms with Gasteiger partial charge in [-0.3, -0.25) is 4.79 Å². The summed E-state index contributed by atoms with van der Waals surface area (Å²) >= 11 is 1.72. The number of para-hydroxylation sites is 1. The Hall–Kier alpha value is -1.74. The van der Waals surface area contributed by atoms with Crippen LogP contribution in [0, 0.1) is 0 Å². The van der Waals surface area contributed by atoms with Crippen LogP contribution < -0.4 is 4.74 Å². The van der Waals surface area contributed by atoms with Crippen LogP contribution in [0.3, 0.4) is 0 Å². The molecule has 104 valence electrons. The van der Waals surface area contributed by atoms with E-state index in [4.69, 9.17) is 4.74 Å². The number of carbonyl (C=O) groups is 1. The first-order valence-electron chi connectivity index (χ1n) is 6.53. The van der Waals surface area contributed by atoms with Crippen LogP contribution in [0.4, 0.5) is 0 Å². The Morgan fingerprint density at radius 2 is 1.80 bits per heavy atom. The van der Waals surface area contributed by atoms with Crippen molar-refractivity contribution in [3.63, 3.8) is 0 Å². The highest BCUT2D eigenvalue weighted by Gasteiger charge is 2.11. The zero-order valence-electron chi connectivity index (χ0n) is 11.8. The van der Waals surface area contributed by atoms with Gasteiger partial charge in [0, 0.05) is 11.3 Å². The summed E-state index contributed by atoms with van der Waals surface area (Å²) in [6.45, 7) is 0. The number of Topliss-reactive ketones (excluding diaryl/α,β-unsaturated/α-hetero) is 1. The molecule has 0 fully saturated rings. The molecule has 0 radical (unpaired) electrons. The summed E-state index contributed by atoms with van der Waals surface area (Å²) in [5, 5.41) is 0. The SMILES string of the molecule is COc1ccccc1C(=O)CCc1ccc(SC)cc1. The van der Waals surface area contributed by atoms with Crippen molar-refractivity contribution >= 4 is 17.5 Å². The highest BCUT2D eigenvalue weighted by Crippen LogP contribution is 2.20. The van der Waals surface area contributed by atoms with Crippen molar-refractivity contribution in [2.75, 3.05) is 13.4 Å². The number of ether oxygens (including phenoxy) is 1. The van der Waals surface area contributed by atoms with Gasteiger partial charge in [0.2, 0.25) is 0 Å². The van der Waals surface area contributed by atoms with E-state index >= 15 is 0 Å². The van der Waals surface area contributed by atoms with Crippen LogP contribution in [0.25, 0.3) is 0 Å². The predicted octanol–water partition coefficient (Wildman–Crippen LogP) is 4.23. The van der Waals surface area contributed by atoms with Crippen LogP contribution in [0.1, 0.15) is 22.3 Å². The third-order valence-corrected chi connectivity index (χ3v) is 3.95. The van der Waals surface area contributed by atoms with Crippen LogP contribution in [0.5, 0.6) is 5.75 Å².